The van der Waals surface area contributed by atoms with Crippen molar-refractivity contribution in [3.05, 3.63) is 72.1 Å². The van der Waals surface area contributed by atoms with Crippen LogP contribution in [-0.4, -0.2) is 25.9 Å². The predicted octanol–water partition coefficient (Wildman–Crippen LogP) is 3.93. The van der Waals surface area contributed by atoms with E-state index in [0.717, 1.165) is 16.8 Å². The highest BCUT2D eigenvalue weighted by Gasteiger charge is 2.20. The summed E-state index contributed by atoms with van der Waals surface area (Å²) < 4.78 is 1.92. The first-order chi connectivity index (χ1) is 12.6. The van der Waals surface area contributed by atoms with E-state index in [2.05, 4.69) is 15.5 Å². The van der Waals surface area contributed by atoms with Crippen LogP contribution < -0.4 is 5.32 Å². The standard InChI is InChI=1S/C20H22N4OS/c1-14-9-7-8-12-18(14)24-13-21-23-20(24)26-16(3)19(25)22-15(2)17-10-5-4-6-11-17/h4-13,15-16H,1-3H3,(H,22,25). The molecule has 0 fully saturated rings. The van der Waals surface area contributed by atoms with Crippen LogP contribution >= 0.6 is 11.8 Å². The van der Waals surface area contributed by atoms with Crippen molar-refractivity contribution in [3.8, 4) is 5.69 Å². The fourth-order valence-corrected chi connectivity index (χ4v) is 3.52. The lowest BCUT2D eigenvalue weighted by molar-refractivity contribution is -0.120. The maximum absolute atomic E-state index is 12.6. The normalized spacial score (nSPS) is 13.2. The Labute approximate surface area is 157 Å². The monoisotopic (exact) mass is 366 g/mol. The Bertz CT molecular complexity index is 878. The zero-order valence-electron chi connectivity index (χ0n) is 15.1. The van der Waals surface area contributed by atoms with Gasteiger partial charge in [-0.2, -0.15) is 0 Å². The first kappa shape index (κ1) is 18.2. The van der Waals surface area contributed by atoms with Crippen molar-refractivity contribution in [2.75, 3.05) is 0 Å². The molecule has 2 unspecified atom stereocenters. The second-order valence-electron chi connectivity index (χ2n) is 6.17. The van der Waals surface area contributed by atoms with E-state index in [-0.39, 0.29) is 17.2 Å². The average Bonchev–Trinajstić information content (AvgIpc) is 3.10. The number of hydrogen-bond donors (Lipinski definition) is 1. The summed E-state index contributed by atoms with van der Waals surface area (Å²) in [4.78, 5) is 12.6. The minimum absolute atomic E-state index is 0.0225. The summed E-state index contributed by atoms with van der Waals surface area (Å²) in [5.41, 5.74) is 3.23. The van der Waals surface area contributed by atoms with E-state index in [9.17, 15) is 4.79 Å². The van der Waals surface area contributed by atoms with E-state index in [4.69, 9.17) is 0 Å². The van der Waals surface area contributed by atoms with Gasteiger partial charge >= 0.3 is 0 Å². The Morgan fingerprint density at radius 3 is 2.50 bits per heavy atom. The molecule has 0 aliphatic carbocycles. The highest BCUT2D eigenvalue weighted by molar-refractivity contribution is 8.00. The fraction of sp³-hybridized carbons (Fsp3) is 0.250. The van der Waals surface area contributed by atoms with Gasteiger partial charge < -0.3 is 5.32 Å². The molecule has 0 aliphatic heterocycles. The van der Waals surface area contributed by atoms with Crippen molar-refractivity contribution in [2.45, 2.75) is 37.2 Å². The van der Waals surface area contributed by atoms with Gasteiger partial charge in [0.25, 0.3) is 0 Å². The molecule has 0 saturated heterocycles. The minimum Gasteiger partial charge on any atom is -0.349 e. The number of benzene rings is 2. The Kier molecular flexibility index (Phi) is 5.73. The third-order valence-electron chi connectivity index (χ3n) is 4.20. The second-order valence-corrected chi connectivity index (χ2v) is 7.48. The van der Waals surface area contributed by atoms with Crippen LogP contribution in [0.5, 0.6) is 0 Å². The van der Waals surface area contributed by atoms with Crippen LogP contribution in [0.15, 0.2) is 66.1 Å². The highest BCUT2D eigenvalue weighted by Crippen LogP contribution is 2.25. The molecular weight excluding hydrogens is 344 g/mol. The molecule has 0 spiro atoms. The summed E-state index contributed by atoms with van der Waals surface area (Å²) in [6.07, 6.45) is 1.68. The van der Waals surface area contributed by atoms with Crippen LogP contribution in [0, 0.1) is 6.92 Å². The predicted molar refractivity (Wildman–Crippen MR) is 104 cm³/mol. The quantitative estimate of drug-likeness (QED) is 0.672. The lowest BCUT2D eigenvalue weighted by Crippen LogP contribution is -2.33. The third kappa shape index (κ3) is 4.14. The van der Waals surface area contributed by atoms with Gasteiger partial charge in [-0.05, 0) is 38.0 Å². The van der Waals surface area contributed by atoms with Crippen molar-refractivity contribution < 1.29 is 4.79 Å². The summed E-state index contributed by atoms with van der Waals surface area (Å²) in [6.45, 7) is 5.91. The highest BCUT2D eigenvalue weighted by atomic mass is 32.2. The first-order valence-corrected chi connectivity index (χ1v) is 9.42. The van der Waals surface area contributed by atoms with Gasteiger partial charge in [0.2, 0.25) is 5.91 Å². The molecule has 2 atom stereocenters. The van der Waals surface area contributed by atoms with Gasteiger partial charge in [0.15, 0.2) is 5.16 Å². The van der Waals surface area contributed by atoms with Gasteiger partial charge in [-0.1, -0.05) is 60.3 Å². The maximum Gasteiger partial charge on any atom is 0.233 e. The summed E-state index contributed by atoms with van der Waals surface area (Å²) in [7, 11) is 0. The van der Waals surface area contributed by atoms with Crippen LogP contribution in [0.1, 0.15) is 31.0 Å². The molecule has 3 rings (SSSR count). The number of carbonyl (C=O) groups excluding carboxylic acids is 1. The van der Waals surface area contributed by atoms with Crippen molar-refractivity contribution in [1.82, 2.24) is 20.1 Å². The molecule has 134 valence electrons. The lowest BCUT2D eigenvalue weighted by Gasteiger charge is -2.18. The number of nitrogens with zero attached hydrogens (tertiary/aromatic N) is 3. The van der Waals surface area contributed by atoms with Gasteiger partial charge in [0, 0.05) is 0 Å². The van der Waals surface area contributed by atoms with Crippen LogP contribution in [0.25, 0.3) is 5.69 Å². The molecule has 1 heterocycles. The summed E-state index contributed by atoms with van der Waals surface area (Å²) in [6, 6.07) is 17.9. The molecule has 2 aromatic carbocycles. The SMILES string of the molecule is Cc1ccccc1-n1cnnc1SC(C)C(=O)NC(C)c1ccccc1. The molecular formula is C20H22N4OS. The first-order valence-electron chi connectivity index (χ1n) is 8.54. The van der Waals surface area contributed by atoms with E-state index in [0.29, 0.717) is 5.16 Å². The van der Waals surface area contributed by atoms with Gasteiger partial charge in [-0.25, -0.2) is 0 Å². The molecule has 6 heteroatoms. The molecule has 26 heavy (non-hydrogen) atoms. The van der Waals surface area contributed by atoms with E-state index in [1.165, 1.54) is 11.8 Å². The molecule has 0 bridgehead atoms. The molecule has 1 aromatic heterocycles. The fourth-order valence-electron chi connectivity index (χ4n) is 2.67. The Morgan fingerprint density at radius 2 is 1.77 bits per heavy atom. The molecule has 0 aliphatic rings. The van der Waals surface area contributed by atoms with E-state index >= 15 is 0 Å². The zero-order valence-corrected chi connectivity index (χ0v) is 15.9. The van der Waals surface area contributed by atoms with E-state index in [1.807, 2.05) is 79.9 Å². The summed E-state index contributed by atoms with van der Waals surface area (Å²) >= 11 is 1.40. The maximum atomic E-state index is 12.6. The van der Waals surface area contributed by atoms with Crippen LogP contribution in [-0.2, 0) is 4.79 Å². The second kappa shape index (κ2) is 8.19. The number of nitrogens with one attached hydrogen (secondary N) is 1. The molecule has 0 radical (unpaired) electrons. The summed E-state index contributed by atoms with van der Waals surface area (Å²) in [5, 5.41) is 11.7. The molecule has 0 saturated carbocycles. The zero-order chi connectivity index (χ0) is 18.5. The molecule has 5 nitrogen and oxygen atoms in total. The van der Waals surface area contributed by atoms with Crippen molar-refractivity contribution >= 4 is 17.7 Å². The number of rotatable bonds is 6. The molecule has 3 aromatic rings. The van der Waals surface area contributed by atoms with Crippen LogP contribution in [0.3, 0.4) is 0 Å². The number of carbonyl (C=O) groups is 1. The van der Waals surface area contributed by atoms with Gasteiger partial charge in [-0.3, -0.25) is 9.36 Å². The average molecular weight is 366 g/mol. The largest absolute Gasteiger partial charge is 0.349 e. The number of amides is 1. The van der Waals surface area contributed by atoms with E-state index < -0.39 is 0 Å². The minimum atomic E-state index is -0.284. The Morgan fingerprint density at radius 1 is 1.08 bits per heavy atom. The van der Waals surface area contributed by atoms with E-state index in [1.54, 1.807) is 6.33 Å². The number of thioether (sulfide) groups is 1. The molecule has 1 amide bonds. The number of hydrogen-bond acceptors (Lipinski definition) is 4. The Balaban J connectivity index is 1.69. The third-order valence-corrected chi connectivity index (χ3v) is 5.26. The lowest BCUT2D eigenvalue weighted by atomic mass is 10.1. The molecule has 1 N–H and O–H groups in total. The number of para-hydroxylation sites is 1. The topological polar surface area (TPSA) is 59.8 Å². The Hall–Kier alpha value is -2.60. The van der Waals surface area contributed by atoms with Gasteiger partial charge in [0.05, 0.1) is 17.0 Å². The number of aryl methyl sites for hydroxylation is 1. The van der Waals surface area contributed by atoms with Crippen LogP contribution in [0.4, 0.5) is 0 Å². The van der Waals surface area contributed by atoms with Gasteiger partial charge in [-0.15, -0.1) is 10.2 Å². The van der Waals surface area contributed by atoms with Crippen molar-refractivity contribution in [1.29, 1.82) is 0 Å². The summed E-state index contributed by atoms with van der Waals surface area (Å²) in [5.74, 6) is -0.0225. The van der Waals surface area contributed by atoms with Crippen molar-refractivity contribution in [3.63, 3.8) is 0 Å². The smallest absolute Gasteiger partial charge is 0.233 e. The number of aromatic nitrogens is 3. The van der Waals surface area contributed by atoms with Crippen LogP contribution in [0.2, 0.25) is 0 Å². The van der Waals surface area contributed by atoms with Gasteiger partial charge in [0.1, 0.15) is 6.33 Å². The van der Waals surface area contributed by atoms with Crippen molar-refractivity contribution in [2.24, 2.45) is 0 Å².